The lowest BCUT2D eigenvalue weighted by Gasteiger charge is -2.19. The highest BCUT2D eigenvalue weighted by Gasteiger charge is 2.26. The third-order valence-electron chi connectivity index (χ3n) is 16.0. The molecule has 0 rings (SSSR count). The summed E-state index contributed by atoms with van der Waals surface area (Å²) in [5.41, 5.74) is 5.40. The van der Waals surface area contributed by atoms with E-state index in [2.05, 4.69) is 62.5 Å². The molecule has 3 N–H and O–H groups in total. The van der Waals surface area contributed by atoms with E-state index in [4.69, 9.17) is 24.3 Å². The molecule has 0 aliphatic heterocycles. The van der Waals surface area contributed by atoms with Gasteiger partial charge in [0.05, 0.1) is 13.2 Å². The first kappa shape index (κ1) is 80.0. The van der Waals surface area contributed by atoms with Gasteiger partial charge in [0, 0.05) is 19.4 Å². The molecule has 0 fully saturated rings. The Morgan fingerprint density at radius 3 is 1.00 bits per heavy atom. The van der Waals surface area contributed by atoms with Gasteiger partial charge in [-0.1, -0.05) is 351 Å². The Balaban J connectivity index is 3.78. The molecule has 0 saturated heterocycles. The maximum atomic E-state index is 12.8. The fourth-order valence-corrected chi connectivity index (χ4v) is 11.5. The molecule has 0 bridgehead atoms. The zero-order chi connectivity index (χ0) is 59.4. The topological polar surface area (TPSA) is 134 Å². The van der Waals surface area contributed by atoms with Gasteiger partial charge >= 0.3 is 19.8 Å². The van der Waals surface area contributed by atoms with Crippen molar-refractivity contribution >= 4 is 19.8 Å². The van der Waals surface area contributed by atoms with Crippen molar-refractivity contribution in [3.8, 4) is 0 Å². The maximum absolute atomic E-state index is 12.8. The summed E-state index contributed by atoms with van der Waals surface area (Å²) in [6.45, 7) is 3.71. The van der Waals surface area contributed by atoms with Crippen LogP contribution in [0.1, 0.15) is 367 Å². The molecule has 0 saturated carbocycles. The number of hydrogen-bond acceptors (Lipinski definition) is 8. The molecule has 0 heterocycles. The Hall–Kier alpha value is -2.03. The third kappa shape index (κ3) is 67.1. The molecule has 0 aromatic rings. The van der Waals surface area contributed by atoms with Crippen molar-refractivity contribution in [3.05, 3.63) is 48.6 Å². The zero-order valence-electron chi connectivity index (χ0n) is 54.2. The number of phosphoric ester groups is 1. The normalized spacial score (nSPS) is 13.2. The summed E-state index contributed by atoms with van der Waals surface area (Å²) in [7, 11) is -4.39. The van der Waals surface area contributed by atoms with Crippen molar-refractivity contribution in [2.45, 2.75) is 373 Å². The van der Waals surface area contributed by atoms with Crippen molar-refractivity contribution in [2.75, 3.05) is 26.4 Å². The van der Waals surface area contributed by atoms with E-state index >= 15 is 0 Å². The number of rotatable bonds is 68. The van der Waals surface area contributed by atoms with E-state index in [9.17, 15) is 19.0 Å². The van der Waals surface area contributed by atoms with Crippen LogP contribution in [0.2, 0.25) is 0 Å². The van der Waals surface area contributed by atoms with Crippen LogP contribution in [0.5, 0.6) is 0 Å². The minimum absolute atomic E-state index is 0.0564. The zero-order valence-corrected chi connectivity index (χ0v) is 55.1. The molecule has 0 aliphatic carbocycles. The van der Waals surface area contributed by atoms with Gasteiger partial charge in [-0.15, -0.1) is 0 Å². The second-order valence-corrected chi connectivity index (χ2v) is 25.5. The van der Waals surface area contributed by atoms with Gasteiger partial charge in [-0.3, -0.25) is 18.6 Å². The highest BCUT2D eigenvalue weighted by Crippen LogP contribution is 2.43. The Morgan fingerprint density at radius 1 is 0.378 bits per heavy atom. The molecule has 0 aromatic carbocycles. The van der Waals surface area contributed by atoms with E-state index in [0.29, 0.717) is 6.42 Å². The van der Waals surface area contributed by atoms with Crippen molar-refractivity contribution in [2.24, 2.45) is 5.73 Å². The summed E-state index contributed by atoms with van der Waals surface area (Å²) in [6.07, 6.45) is 86.5. The van der Waals surface area contributed by atoms with Gasteiger partial charge in [0.25, 0.3) is 0 Å². The fourth-order valence-electron chi connectivity index (χ4n) is 10.8. The number of carbonyl (C=O) groups is 2. The van der Waals surface area contributed by atoms with Crippen LogP contribution in [0, 0.1) is 0 Å². The van der Waals surface area contributed by atoms with Gasteiger partial charge < -0.3 is 20.1 Å². The number of carbonyl (C=O) groups excluding carboxylic acids is 2. The Bertz CT molecular complexity index is 1480. The Kier molecular flexibility index (Phi) is 66.4. The number of phosphoric acid groups is 1. The van der Waals surface area contributed by atoms with Crippen LogP contribution in [0.15, 0.2) is 48.6 Å². The van der Waals surface area contributed by atoms with Crippen molar-refractivity contribution < 1.29 is 37.6 Å². The largest absolute Gasteiger partial charge is 0.472 e. The van der Waals surface area contributed by atoms with Crippen LogP contribution in [0.3, 0.4) is 0 Å². The van der Waals surface area contributed by atoms with Gasteiger partial charge in [-0.05, 0) is 51.4 Å². The molecule has 482 valence electrons. The van der Waals surface area contributed by atoms with Crippen LogP contribution < -0.4 is 5.73 Å². The summed E-state index contributed by atoms with van der Waals surface area (Å²) >= 11 is 0. The SMILES string of the molecule is CC/C=C\C/C=C\C/C=C\C/C=C\CCCCCCCCCCCCCCCCCCCCCCCCCCC(=O)OC(COC(=O)CCCCCCCCCCCCCCCCCCCCCCCCCC)COP(=O)(O)OCCN. The number of allylic oxidation sites excluding steroid dienone is 8. The third-order valence-corrected chi connectivity index (χ3v) is 17.0. The molecule has 2 unspecified atom stereocenters. The molecule has 0 spiro atoms. The van der Waals surface area contributed by atoms with Crippen LogP contribution in [0.25, 0.3) is 0 Å². The molecule has 0 aromatic heterocycles. The highest BCUT2D eigenvalue weighted by molar-refractivity contribution is 7.47. The molecule has 0 amide bonds. The van der Waals surface area contributed by atoms with Crippen LogP contribution in [-0.4, -0.2) is 49.3 Å². The Labute approximate surface area is 508 Å². The lowest BCUT2D eigenvalue weighted by molar-refractivity contribution is -0.161. The van der Waals surface area contributed by atoms with E-state index in [1.165, 1.54) is 276 Å². The summed E-state index contributed by atoms with van der Waals surface area (Å²) < 4.78 is 33.2. The molecule has 9 nitrogen and oxygen atoms in total. The smallest absolute Gasteiger partial charge is 0.462 e. The van der Waals surface area contributed by atoms with Crippen LogP contribution >= 0.6 is 7.82 Å². The highest BCUT2D eigenvalue weighted by atomic mass is 31.2. The van der Waals surface area contributed by atoms with Crippen molar-refractivity contribution in [1.82, 2.24) is 0 Å². The molecular formula is C72H136NO8P. The number of unbranched alkanes of at least 4 members (excludes halogenated alkanes) is 47. The molecule has 0 aliphatic rings. The minimum atomic E-state index is -4.39. The number of nitrogens with two attached hydrogens (primary N) is 1. The average Bonchev–Trinajstić information content (AvgIpc) is 3.48. The van der Waals surface area contributed by atoms with Gasteiger partial charge in [-0.25, -0.2) is 4.57 Å². The molecule has 82 heavy (non-hydrogen) atoms. The van der Waals surface area contributed by atoms with Crippen molar-refractivity contribution in [3.63, 3.8) is 0 Å². The summed E-state index contributed by atoms with van der Waals surface area (Å²) in [4.78, 5) is 35.4. The van der Waals surface area contributed by atoms with Crippen LogP contribution in [0.4, 0.5) is 0 Å². The second kappa shape index (κ2) is 68.1. The van der Waals surface area contributed by atoms with Gasteiger partial charge in [-0.2, -0.15) is 0 Å². The average molecular weight is 1170 g/mol. The quantitative estimate of drug-likeness (QED) is 0.0264. The minimum Gasteiger partial charge on any atom is -0.462 e. The van der Waals surface area contributed by atoms with Gasteiger partial charge in [0.2, 0.25) is 0 Å². The summed E-state index contributed by atoms with van der Waals surface area (Å²) in [5, 5.41) is 0. The van der Waals surface area contributed by atoms with Gasteiger partial charge in [0.1, 0.15) is 6.61 Å². The monoisotopic (exact) mass is 1170 g/mol. The molecule has 0 radical (unpaired) electrons. The second-order valence-electron chi connectivity index (χ2n) is 24.1. The van der Waals surface area contributed by atoms with E-state index in [-0.39, 0.29) is 38.6 Å². The van der Waals surface area contributed by atoms with E-state index in [0.717, 1.165) is 57.8 Å². The van der Waals surface area contributed by atoms with Crippen LogP contribution in [-0.2, 0) is 32.7 Å². The predicted octanol–water partition coefficient (Wildman–Crippen LogP) is 23.3. The van der Waals surface area contributed by atoms with Crippen molar-refractivity contribution in [1.29, 1.82) is 0 Å². The molecular weight excluding hydrogens is 1040 g/mol. The van der Waals surface area contributed by atoms with E-state index in [1.807, 2.05) is 0 Å². The predicted molar refractivity (Wildman–Crippen MR) is 353 cm³/mol. The number of hydrogen-bond donors (Lipinski definition) is 2. The lowest BCUT2D eigenvalue weighted by atomic mass is 10.0. The van der Waals surface area contributed by atoms with E-state index in [1.54, 1.807) is 0 Å². The Morgan fingerprint density at radius 2 is 0.671 bits per heavy atom. The molecule has 2 atom stereocenters. The van der Waals surface area contributed by atoms with Gasteiger partial charge in [0.15, 0.2) is 6.10 Å². The van der Waals surface area contributed by atoms with E-state index < -0.39 is 26.5 Å². The summed E-state index contributed by atoms with van der Waals surface area (Å²) in [5.74, 6) is -0.803. The maximum Gasteiger partial charge on any atom is 0.472 e. The first-order valence-electron chi connectivity index (χ1n) is 35.6. The summed E-state index contributed by atoms with van der Waals surface area (Å²) in [6, 6.07) is 0. The first-order valence-corrected chi connectivity index (χ1v) is 37.1. The fraction of sp³-hybridized carbons (Fsp3) is 0.861. The molecule has 10 heteroatoms. The standard InChI is InChI=1S/C72H136NO8P/c1-3-5-7-9-11-13-15-17-19-21-23-25-27-29-30-31-32-33-34-35-36-37-38-39-40-41-43-45-47-49-51-53-55-57-59-61-63-65-72(75)81-70(69-80-82(76,77)79-67-66-73)68-78-71(74)64-62-60-58-56-54-52-50-48-46-44-42-28-26-24-22-20-18-16-14-12-10-8-6-4-2/h5,7,11,13,17,19,23,25,70H,3-4,6,8-10,12,14-16,18,20-22,24,26-69,73H2,1-2H3,(H,76,77)/b7-5-,13-11-,19-17-,25-23-. The number of ether oxygens (including phenoxy) is 2. The first-order chi connectivity index (χ1) is 40.3. The number of esters is 2. The lowest BCUT2D eigenvalue weighted by Crippen LogP contribution is -2.29.